The van der Waals surface area contributed by atoms with Crippen molar-refractivity contribution in [1.29, 1.82) is 0 Å². The number of hydrogen-bond donors (Lipinski definition) is 3. The van der Waals surface area contributed by atoms with E-state index in [9.17, 15) is 0 Å². The van der Waals surface area contributed by atoms with Crippen LogP contribution in [-0.4, -0.2) is 0 Å². The second-order valence-corrected chi connectivity index (χ2v) is 26.9. The van der Waals surface area contributed by atoms with Crippen LogP contribution in [0.3, 0.4) is 0 Å². The smallest absolute Gasteiger partial charge is 0.0384 e. The fourth-order valence-corrected chi connectivity index (χ4v) is 15.2. The first-order valence-electron chi connectivity index (χ1n) is 35.3. The molecular formula is C100H73N3. The van der Waals surface area contributed by atoms with Crippen molar-refractivity contribution < 1.29 is 0 Å². The molecule has 3 nitrogen and oxygen atoms in total. The van der Waals surface area contributed by atoms with Crippen molar-refractivity contribution in [2.75, 3.05) is 16.8 Å². The molecule has 0 atom stereocenters. The van der Waals surface area contributed by atoms with Crippen LogP contribution < -0.4 is 16.8 Å². The van der Waals surface area contributed by atoms with Crippen molar-refractivity contribution >= 4 is 109 Å². The summed E-state index contributed by atoms with van der Waals surface area (Å²) in [7, 11) is 0. The summed E-state index contributed by atoms with van der Waals surface area (Å²) in [5, 5.41) is 24.1. The number of nitrogens with two attached hydrogens (primary N) is 2. The minimum atomic E-state index is 0.789. The van der Waals surface area contributed by atoms with Crippen LogP contribution in [0.4, 0.5) is 22.7 Å². The Labute approximate surface area is 600 Å². The zero-order valence-corrected chi connectivity index (χ0v) is 57.5. The van der Waals surface area contributed by atoms with E-state index in [1.165, 1.54) is 170 Å². The van der Waals surface area contributed by atoms with Crippen LogP contribution in [0, 0.1) is 13.8 Å². The van der Waals surface area contributed by atoms with Gasteiger partial charge in [-0.05, 0) is 262 Å². The van der Waals surface area contributed by atoms with Crippen LogP contribution in [0.1, 0.15) is 11.1 Å². The molecule has 0 radical (unpaired) electrons. The van der Waals surface area contributed by atoms with Crippen molar-refractivity contribution in [2.24, 2.45) is 0 Å². The molecule has 0 unspecified atom stereocenters. The van der Waals surface area contributed by atoms with Gasteiger partial charge in [0.15, 0.2) is 0 Å². The summed E-state index contributed by atoms with van der Waals surface area (Å²) >= 11 is 0. The van der Waals surface area contributed by atoms with Crippen molar-refractivity contribution in [3.63, 3.8) is 0 Å². The van der Waals surface area contributed by atoms with E-state index >= 15 is 0 Å². The Hall–Kier alpha value is -13.3. The van der Waals surface area contributed by atoms with Gasteiger partial charge in [-0.2, -0.15) is 0 Å². The monoisotopic (exact) mass is 1320 g/mol. The molecule has 0 saturated heterocycles. The molecule has 0 amide bonds. The molecule has 19 aromatic carbocycles. The van der Waals surface area contributed by atoms with Gasteiger partial charge < -0.3 is 16.8 Å². The third-order valence-electron chi connectivity index (χ3n) is 20.5. The molecule has 0 aliphatic carbocycles. The maximum atomic E-state index is 6.07. The number of benzene rings is 19. The first-order chi connectivity index (χ1) is 50.7. The van der Waals surface area contributed by atoms with Gasteiger partial charge in [0.05, 0.1) is 0 Å². The van der Waals surface area contributed by atoms with E-state index in [1.54, 1.807) is 0 Å². The van der Waals surface area contributed by atoms with Crippen LogP contribution >= 0.6 is 0 Å². The lowest BCUT2D eigenvalue weighted by Crippen LogP contribution is -1.93. The summed E-state index contributed by atoms with van der Waals surface area (Å²) in [6, 6.07) is 135. The molecule has 0 heterocycles. The number of rotatable bonds is 9. The Bertz CT molecular complexity index is 6210. The average molecular weight is 1320 g/mol. The number of anilines is 4. The lowest BCUT2D eigenvalue weighted by atomic mass is 9.90. The second kappa shape index (κ2) is 27.4. The van der Waals surface area contributed by atoms with Crippen LogP contribution in [0.2, 0.25) is 0 Å². The first kappa shape index (κ1) is 63.1. The summed E-state index contributed by atoms with van der Waals surface area (Å²) in [5.41, 5.74) is 35.3. The zero-order valence-electron chi connectivity index (χ0n) is 57.5. The molecular weight excluding hydrogens is 1240 g/mol. The van der Waals surface area contributed by atoms with E-state index in [0.29, 0.717) is 0 Å². The van der Waals surface area contributed by atoms with Crippen molar-refractivity contribution in [2.45, 2.75) is 13.8 Å². The predicted octanol–water partition coefficient (Wildman–Crippen LogP) is 27.5. The van der Waals surface area contributed by atoms with Crippen molar-refractivity contribution in [1.82, 2.24) is 0 Å². The van der Waals surface area contributed by atoms with E-state index in [1.807, 2.05) is 12.1 Å². The van der Waals surface area contributed by atoms with E-state index in [2.05, 4.69) is 383 Å². The van der Waals surface area contributed by atoms with Crippen LogP contribution in [0.5, 0.6) is 0 Å². The van der Waals surface area contributed by atoms with Gasteiger partial charge in [-0.1, -0.05) is 303 Å². The molecule has 0 spiro atoms. The van der Waals surface area contributed by atoms with E-state index in [-0.39, 0.29) is 0 Å². The Morgan fingerprint density at radius 3 is 0.825 bits per heavy atom. The van der Waals surface area contributed by atoms with E-state index in [4.69, 9.17) is 11.5 Å². The highest BCUT2D eigenvalue weighted by Crippen LogP contribution is 2.43. The third kappa shape index (κ3) is 12.5. The maximum Gasteiger partial charge on any atom is 0.0384 e. The lowest BCUT2D eigenvalue weighted by Gasteiger charge is -2.14. The molecule has 0 fully saturated rings. The number of nitrogens with one attached hydrogen (secondary N) is 1. The topological polar surface area (TPSA) is 64.1 Å². The van der Waals surface area contributed by atoms with Crippen LogP contribution in [0.15, 0.2) is 376 Å². The normalized spacial score (nSPS) is 11.3. The summed E-state index contributed by atoms with van der Waals surface area (Å²) in [6.07, 6.45) is 0. The molecule has 3 heteroatoms. The molecule has 0 aliphatic heterocycles. The first-order valence-corrected chi connectivity index (χ1v) is 35.3. The van der Waals surface area contributed by atoms with Gasteiger partial charge in [-0.3, -0.25) is 0 Å². The van der Waals surface area contributed by atoms with Gasteiger partial charge in [0.25, 0.3) is 0 Å². The van der Waals surface area contributed by atoms with Gasteiger partial charge in [0, 0.05) is 22.7 Å². The average Bonchev–Trinajstić information content (AvgIpc) is 0.778. The fraction of sp³-hybridized carbons (Fsp3) is 0.0200. The molecule has 5 N–H and O–H groups in total. The fourth-order valence-electron chi connectivity index (χ4n) is 15.2. The van der Waals surface area contributed by atoms with Crippen molar-refractivity contribution in [3.05, 3.63) is 387 Å². The van der Waals surface area contributed by atoms with Gasteiger partial charge in [-0.15, -0.1) is 0 Å². The van der Waals surface area contributed by atoms with Crippen molar-refractivity contribution in [3.8, 4) is 77.9 Å². The van der Waals surface area contributed by atoms with Gasteiger partial charge in [-0.25, -0.2) is 0 Å². The standard InChI is InChI=1S/C46H31N.C28H23N.C26H19N/c1-4-12-40-37(11-1)30-45(44-16-8-7-15-43(40)44)33-23-27-39(28-24-33)47-38-25-21-32(22-26-38)31-17-19-34(20-18-31)46-41-13-5-2-9-35(41)29-36-10-3-6-14-42(36)46;1-18-16-27(29)19(2)15-26(18)20-11-13-21(14-12-20)28-24-9-5-3-7-22(24)17-23-8-4-6-10-25(23)28;27-23-15-13-19(14-16-23)18-9-11-20(12-10-18)26-24-7-3-1-5-21(24)17-22-6-2-4-8-25(22)26/h1-30,47H;3-17H,29H2,1-2H3;1-17H,27H2. The number of aryl methyl sites for hydroxylation is 2. The summed E-state index contributed by atoms with van der Waals surface area (Å²) in [4.78, 5) is 0. The summed E-state index contributed by atoms with van der Waals surface area (Å²) < 4.78 is 0. The van der Waals surface area contributed by atoms with E-state index < -0.39 is 0 Å². The maximum absolute atomic E-state index is 6.07. The van der Waals surface area contributed by atoms with Gasteiger partial charge >= 0.3 is 0 Å². The molecule has 19 aromatic rings. The Kier molecular flexibility index (Phi) is 16.8. The quantitative estimate of drug-likeness (QED) is 0.0767. The molecule has 0 saturated carbocycles. The molecule has 103 heavy (non-hydrogen) atoms. The highest BCUT2D eigenvalue weighted by Gasteiger charge is 2.16. The molecule has 19 rings (SSSR count). The predicted molar refractivity (Wildman–Crippen MR) is 445 cm³/mol. The highest BCUT2D eigenvalue weighted by atomic mass is 14.9. The Morgan fingerprint density at radius 1 is 0.194 bits per heavy atom. The Morgan fingerprint density at radius 2 is 0.456 bits per heavy atom. The Balaban J connectivity index is 0.000000121. The molecule has 0 bridgehead atoms. The van der Waals surface area contributed by atoms with E-state index in [0.717, 1.165) is 28.3 Å². The van der Waals surface area contributed by atoms with Crippen LogP contribution in [-0.2, 0) is 0 Å². The SMILES string of the molecule is Cc1cc(-c2ccc(-c3c4ccccc4cc4ccccc34)cc2)c(C)cc1N.Nc1ccc(-c2ccc(-c3c4ccccc4cc4ccccc34)cc2)cc1.c1ccc2c(-c3ccc(-c4ccc(Nc5ccc(-c6cc7ccccc7c7ccccc67)cc5)cc4)cc3)c3ccccc3cc2c1. The largest absolute Gasteiger partial charge is 0.399 e. The third-order valence-corrected chi connectivity index (χ3v) is 20.5. The highest BCUT2D eigenvalue weighted by molar-refractivity contribution is 6.17. The zero-order chi connectivity index (χ0) is 69.3. The number of nitrogen functional groups attached to an aromatic ring is 2. The summed E-state index contributed by atoms with van der Waals surface area (Å²) in [5.74, 6) is 0. The lowest BCUT2D eigenvalue weighted by molar-refractivity contribution is 1.39. The molecule has 488 valence electrons. The summed E-state index contributed by atoms with van der Waals surface area (Å²) in [6.45, 7) is 4.19. The molecule has 0 aromatic heterocycles. The minimum Gasteiger partial charge on any atom is -0.399 e. The van der Waals surface area contributed by atoms with Gasteiger partial charge in [0.1, 0.15) is 0 Å². The number of fused-ring (bicyclic) bond motifs is 9. The number of hydrogen-bond acceptors (Lipinski definition) is 3. The van der Waals surface area contributed by atoms with Crippen LogP contribution in [0.25, 0.3) is 164 Å². The minimum absolute atomic E-state index is 0.789. The molecule has 0 aliphatic rings. The van der Waals surface area contributed by atoms with Gasteiger partial charge in [0.2, 0.25) is 0 Å². The second-order valence-electron chi connectivity index (χ2n) is 26.9.